The summed E-state index contributed by atoms with van der Waals surface area (Å²) in [6.07, 6.45) is 3.53. The topological polar surface area (TPSA) is 77.0 Å². The average Bonchev–Trinajstić information content (AvgIpc) is 2.39. The second-order valence-electron chi connectivity index (χ2n) is 4.21. The first kappa shape index (κ1) is 17.6. The summed E-state index contributed by atoms with van der Waals surface area (Å²) in [7, 11) is 3.45. The molecule has 6 nitrogen and oxygen atoms in total. The summed E-state index contributed by atoms with van der Waals surface area (Å²) in [5.41, 5.74) is 0. The summed E-state index contributed by atoms with van der Waals surface area (Å²) < 4.78 is 0. The monoisotopic (exact) mass is 270 g/mol. The highest BCUT2D eigenvalue weighted by Gasteiger charge is 2.03. The molecule has 110 valence electrons. The Morgan fingerprint density at radius 3 is 2.68 bits per heavy atom. The molecule has 6 heteroatoms. The molecular formula is C13H26N4O2. The van der Waals surface area contributed by atoms with Gasteiger partial charge in [0.15, 0.2) is 0 Å². The molecule has 0 heterocycles. The molecule has 0 aliphatic carbocycles. The molecule has 1 amide bonds. The van der Waals surface area contributed by atoms with Crippen LogP contribution in [0.25, 0.3) is 0 Å². The minimum atomic E-state index is -0.439. The van der Waals surface area contributed by atoms with Crippen LogP contribution >= 0.6 is 0 Å². The van der Waals surface area contributed by atoms with E-state index >= 15 is 0 Å². The lowest BCUT2D eigenvalue weighted by atomic mass is 10.3. The third-order valence-electron chi connectivity index (χ3n) is 2.59. The fraction of sp³-hybridized carbons (Fsp3) is 0.692. The summed E-state index contributed by atoms with van der Waals surface area (Å²) in [5.74, 6) is 0.547. The van der Waals surface area contributed by atoms with E-state index in [0.29, 0.717) is 12.4 Å². The van der Waals surface area contributed by atoms with Crippen molar-refractivity contribution < 1.29 is 9.90 Å². The first-order valence-corrected chi connectivity index (χ1v) is 6.57. The van der Waals surface area contributed by atoms with Gasteiger partial charge >= 0.3 is 0 Å². The van der Waals surface area contributed by atoms with Gasteiger partial charge in [-0.3, -0.25) is 14.7 Å². The third-order valence-corrected chi connectivity index (χ3v) is 2.59. The van der Waals surface area contributed by atoms with Crippen LogP contribution < -0.4 is 10.6 Å². The number of carbonyl (C=O) groups excluding carboxylic acids is 1. The van der Waals surface area contributed by atoms with Crippen LogP contribution in [0, 0.1) is 0 Å². The van der Waals surface area contributed by atoms with E-state index in [1.807, 2.05) is 18.9 Å². The lowest BCUT2D eigenvalue weighted by molar-refractivity contribution is -0.116. The summed E-state index contributed by atoms with van der Waals surface area (Å²) in [5, 5.41) is 14.9. The Kier molecular flexibility index (Phi) is 9.74. The molecule has 3 N–H and O–H groups in total. The highest BCUT2D eigenvalue weighted by atomic mass is 16.3. The lowest BCUT2D eigenvalue weighted by Crippen LogP contribution is -2.30. The van der Waals surface area contributed by atoms with Crippen molar-refractivity contribution in [2.24, 2.45) is 4.99 Å². The largest absolute Gasteiger partial charge is 0.379 e. The van der Waals surface area contributed by atoms with Gasteiger partial charge in [0, 0.05) is 32.8 Å². The standard InChI is InChI=1S/C13H26N4O2/c1-5-15-12(7-8-13(19)14-3)16-9-6-10-17(4)11(2)18/h7-8,11,18H,5-6,9-10H2,1-4H3,(H,14,19)(H,15,16)/b8-7+. The van der Waals surface area contributed by atoms with E-state index in [1.54, 1.807) is 20.0 Å². The zero-order valence-electron chi connectivity index (χ0n) is 12.3. The summed E-state index contributed by atoms with van der Waals surface area (Å²) in [6, 6.07) is 0. The Labute approximate surface area is 115 Å². The van der Waals surface area contributed by atoms with Crippen LogP contribution in [-0.2, 0) is 4.79 Å². The normalized spacial score (nSPS) is 13.9. The van der Waals surface area contributed by atoms with E-state index in [-0.39, 0.29) is 5.91 Å². The lowest BCUT2D eigenvalue weighted by Gasteiger charge is -2.18. The number of nitrogens with one attached hydrogen (secondary N) is 2. The second kappa shape index (κ2) is 10.5. The van der Waals surface area contributed by atoms with Gasteiger partial charge in [0.1, 0.15) is 12.1 Å². The molecule has 1 atom stereocenters. The third kappa shape index (κ3) is 9.21. The molecule has 0 aromatic rings. The number of rotatable bonds is 8. The zero-order chi connectivity index (χ0) is 14.7. The van der Waals surface area contributed by atoms with Crippen molar-refractivity contribution in [3.8, 4) is 0 Å². The number of aliphatic hydroxyl groups excluding tert-OH is 1. The highest BCUT2D eigenvalue weighted by molar-refractivity contribution is 5.99. The molecule has 0 bridgehead atoms. The fourth-order valence-electron chi connectivity index (χ4n) is 1.29. The second-order valence-corrected chi connectivity index (χ2v) is 4.21. The Morgan fingerprint density at radius 2 is 2.16 bits per heavy atom. The number of aliphatic hydroxyl groups is 1. The molecule has 0 rings (SSSR count). The predicted molar refractivity (Wildman–Crippen MR) is 78.1 cm³/mol. The van der Waals surface area contributed by atoms with E-state index in [4.69, 9.17) is 0 Å². The Hall–Kier alpha value is -1.40. The van der Waals surface area contributed by atoms with E-state index in [9.17, 15) is 9.90 Å². The van der Waals surface area contributed by atoms with Gasteiger partial charge in [0.25, 0.3) is 0 Å². The molecule has 0 fully saturated rings. The first-order valence-electron chi connectivity index (χ1n) is 6.57. The van der Waals surface area contributed by atoms with Gasteiger partial charge in [-0.15, -0.1) is 0 Å². The molecular weight excluding hydrogens is 244 g/mol. The van der Waals surface area contributed by atoms with E-state index in [1.165, 1.54) is 6.08 Å². The minimum absolute atomic E-state index is 0.153. The molecule has 0 aliphatic rings. The molecule has 0 saturated heterocycles. The van der Waals surface area contributed by atoms with Crippen LogP contribution in [0.1, 0.15) is 20.3 Å². The SMILES string of the molecule is CCNC(/C=C/C(=O)NC)=NCCCN(C)C(C)O. The molecule has 19 heavy (non-hydrogen) atoms. The zero-order valence-corrected chi connectivity index (χ0v) is 12.3. The van der Waals surface area contributed by atoms with Crippen molar-refractivity contribution in [3.05, 3.63) is 12.2 Å². The number of likely N-dealkylation sites (N-methyl/N-ethyl adjacent to an activating group) is 2. The van der Waals surface area contributed by atoms with Crippen LogP contribution in [0.4, 0.5) is 0 Å². The number of aliphatic imine (C=N–C) groups is 1. The summed E-state index contributed by atoms with van der Waals surface area (Å²) in [4.78, 5) is 17.3. The van der Waals surface area contributed by atoms with Crippen molar-refractivity contribution in [1.82, 2.24) is 15.5 Å². The van der Waals surface area contributed by atoms with Crippen molar-refractivity contribution >= 4 is 11.7 Å². The summed E-state index contributed by atoms with van der Waals surface area (Å²) in [6.45, 7) is 5.89. The summed E-state index contributed by atoms with van der Waals surface area (Å²) >= 11 is 0. The van der Waals surface area contributed by atoms with Gasteiger partial charge in [-0.05, 0) is 33.4 Å². The van der Waals surface area contributed by atoms with Crippen LogP contribution in [0.3, 0.4) is 0 Å². The van der Waals surface area contributed by atoms with Gasteiger partial charge in [-0.1, -0.05) is 0 Å². The van der Waals surface area contributed by atoms with Crippen LogP contribution in [0.2, 0.25) is 0 Å². The molecule has 0 aromatic heterocycles. The maximum atomic E-state index is 11.1. The maximum Gasteiger partial charge on any atom is 0.243 e. The van der Waals surface area contributed by atoms with Gasteiger partial charge in [0.05, 0.1) is 0 Å². The Morgan fingerprint density at radius 1 is 1.47 bits per heavy atom. The smallest absolute Gasteiger partial charge is 0.243 e. The number of nitrogens with zero attached hydrogens (tertiary/aromatic N) is 2. The van der Waals surface area contributed by atoms with Gasteiger partial charge < -0.3 is 15.7 Å². The fourth-order valence-corrected chi connectivity index (χ4v) is 1.29. The Balaban J connectivity index is 4.19. The number of carbonyl (C=O) groups is 1. The first-order chi connectivity index (χ1) is 9.01. The molecule has 0 radical (unpaired) electrons. The van der Waals surface area contributed by atoms with Gasteiger partial charge in [-0.2, -0.15) is 0 Å². The van der Waals surface area contributed by atoms with Crippen molar-refractivity contribution in [3.63, 3.8) is 0 Å². The van der Waals surface area contributed by atoms with Gasteiger partial charge in [0.2, 0.25) is 5.91 Å². The number of hydrogen-bond acceptors (Lipinski definition) is 4. The maximum absolute atomic E-state index is 11.1. The van der Waals surface area contributed by atoms with Crippen molar-refractivity contribution in [2.45, 2.75) is 26.5 Å². The van der Waals surface area contributed by atoms with Gasteiger partial charge in [-0.25, -0.2) is 0 Å². The average molecular weight is 270 g/mol. The van der Waals surface area contributed by atoms with Crippen LogP contribution in [0.15, 0.2) is 17.1 Å². The molecule has 0 saturated carbocycles. The molecule has 0 spiro atoms. The molecule has 1 unspecified atom stereocenters. The molecule has 0 aliphatic heterocycles. The van der Waals surface area contributed by atoms with Crippen molar-refractivity contribution in [2.75, 3.05) is 33.7 Å². The van der Waals surface area contributed by atoms with Crippen LogP contribution in [0.5, 0.6) is 0 Å². The minimum Gasteiger partial charge on any atom is -0.379 e. The number of amidine groups is 1. The van der Waals surface area contributed by atoms with Crippen molar-refractivity contribution in [1.29, 1.82) is 0 Å². The van der Waals surface area contributed by atoms with E-state index < -0.39 is 6.23 Å². The highest BCUT2D eigenvalue weighted by Crippen LogP contribution is 1.93. The quantitative estimate of drug-likeness (QED) is 0.190. The Bertz CT molecular complexity index is 314. The number of hydrogen-bond donors (Lipinski definition) is 3. The molecule has 0 aromatic carbocycles. The van der Waals surface area contributed by atoms with Crippen LogP contribution in [-0.4, -0.2) is 61.7 Å². The number of amides is 1. The predicted octanol–water partition coefficient (Wildman–Crippen LogP) is -0.0432. The van der Waals surface area contributed by atoms with E-state index in [0.717, 1.165) is 19.5 Å². The van der Waals surface area contributed by atoms with E-state index in [2.05, 4.69) is 15.6 Å².